The lowest BCUT2D eigenvalue weighted by Crippen LogP contribution is -2.21. The number of methoxy groups -OCH3 is 5. The Kier molecular flexibility index (Phi) is 6.69. The average molecular weight is 535 g/mol. The monoisotopic (exact) mass is 534 g/mol. The number of allylic oxidation sites excluding steroid dienone is 1. The van der Waals surface area contributed by atoms with Crippen molar-refractivity contribution in [3.63, 3.8) is 0 Å². The molecule has 3 aromatic carbocycles. The molecule has 10 heteroatoms. The summed E-state index contributed by atoms with van der Waals surface area (Å²) in [6.07, 6.45) is 1.53. The maximum atomic E-state index is 13.4. The molecule has 3 aromatic rings. The Morgan fingerprint density at radius 1 is 0.821 bits per heavy atom. The fourth-order valence-electron chi connectivity index (χ4n) is 4.89. The molecule has 2 aliphatic rings. The predicted molar refractivity (Wildman–Crippen MR) is 139 cm³/mol. The van der Waals surface area contributed by atoms with E-state index in [1.165, 1.54) is 35.5 Å². The molecule has 0 fully saturated rings. The largest absolute Gasteiger partial charge is 0.502 e. The smallest absolute Gasteiger partial charge is 0.312 e. The van der Waals surface area contributed by atoms with Crippen molar-refractivity contribution in [1.29, 1.82) is 0 Å². The van der Waals surface area contributed by atoms with Gasteiger partial charge in [0.25, 0.3) is 0 Å². The minimum absolute atomic E-state index is 0.0271. The summed E-state index contributed by atoms with van der Waals surface area (Å²) >= 11 is 0. The van der Waals surface area contributed by atoms with Crippen LogP contribution in [0.25, 0.3) is 6.08 Å². The molecule has 0 spiro atoms. The maximum absolute atomic E-state index is 13.4. The topological polar surface area (TPSA) is 119 Å². The number of carbonyl (C=O) groups is 2. The SMILES string of the molecule is COc1cc([C@H]2CC(=O)Oc3ccc4c(c32)O/C(=C\c2ccc(OC)c(OC)c2OC)C4=O)cc(OC)c1O. The number of phenolic OH excluding ortho intramolecular Hbond substituents is 1. The van der Waals surface area contributed by atoms with E-state index in [-0.39, 0.29) is 46.7 Å². The highest BCUT2D eigenvalue weighted by molar-refractivity contribution is 6.15. The van der Waals surface area contributed by atoms with Gasteiger partial charge in [0, 0.05) is 17.0 Å². The zero-order valence-corrected chi connectivity index (χ0v) is 21.9. The second-order valence-corrected chi connectivity index (χ2v) is 8.72. The standard InChI is InChI=1S/C29H26O10/c1-33-19-8-6-14(27(36-4)29(19)37-5)10-22-25(31)16-7-9-18-24(28(16)39-22)17(13-23(30)38-18)15-11-20(34-2)26(32)21(12-15)35-3/h6-12,17,32H,13H2,1-5H3/b22-10-/t17-/m1/s1. The average Bonchev–Trinajstić information content (AvgIpc) is 3.26. The Bertz CT molecular complexity index is 1500. The van der Waals surface area contributed by atoms with Crippen LogP contribution in [0.4, 0.5) is 0 Å². The van der Waals surface area contributed by atoms with E-state index in [2.05, 4.69) is 0 Å². The van der Waals surface area contributed by atoms with E-state index >= 15 is 0 Å². The van der Waals surface area contributed by atoms with Gasteiger partial charge in [-0.3, -0.25) is 9.59 Å². The van der Waals surface area contributed by atoms with Crippen LogP contribution in [0.3, 0.4) is 0 Å². The van der Waals surface area contributed by atoms with Gasteiger partial charge >= 0.3 is 5.97 Å². The third-order valence-corrected chi connectivity index (χ3v) is 6.71. The summed E-state index contributed by atoms with van der Waals surface area (Å²) in [5.74, 6) is 0.651. The van der Waals surface area contributed by atoms with Crippen LogP contribution in [0, 0.1) is 0 Å². The van der Waals surface area contributed by atoms with E-state index in [1.54, 1.807) is 42.5 Å². The highest BCUT2D eigenvalue weighted by Gasteiger charge is 2.39. The number of fused-ring (bicyclic) bond motifs is 3. The van der Waals surface area contributed by atoms with Crippen molar-refractivity contribution in [2.45, 2.75) is 12.3 Å². The van der Waals surface area contributed by atoms with Crippen LogP contribution in [-0.4, -0.2) is 52.4 Å². The number of ether oxygens (including phenoxy) is 7. The molecule has 0 saturated carbocycles. The molecule has 10 nitrogen and oxygen atoms in total. The molecule has 0 amide bonds. The highest BCUT2D eigenvalue weighted by Crippen LogP contribution is 2.51. The van der Waals surface area contributed by atoms with Crippen molar-refractivity contribution in [2.75, 3.05) is 35.5 Å². The van der Waals surface area contributed by atoms with Gasteiger partial charge in [-0.2, -0.15) is 0 Å². The van der Waals surface area contributed by atoms with Crippen LogP contribution in [-0.2, 0) is 4.79 Å². The van der Waals surface area contributed by atoms with Gasteiger partial charge in [-0.1, -0.05) is 0 Å². The molecular formula is C29H26O10. The molecule has 2 aliphatic heterocycles. The molecule has 202 valence electrons. The van der Waals surface area contributed by atoms with Gasteiger partial charge in [-0.25, -0.2) is 0 Å². The fraction of sp³-hybridized carbons (Fsp3) is 0.241. The normalized spacial score (nSPS) is 16.6. The van der Waals surface area contributed by atoms with E-state index in [0.29, 0.717) is 39.5 Å². The molecule has 39 heavy (non-hydrogen) atoms. The number of esters is 1. The van der Waals surface area contributed by atoms with Crippen LogP contribution in [0.1, 0.15) is 39.4 Å². The second-order valence-electron chi connectivity index (χ2n) is 8.72. The lowest BCUT2D eigenvalue weighted by Gasteiger charge is -2.27. The quantitative estimate of drug-likeness (QED) is 0.264. The lowest BCUT2D eigenvalue weighted by molar-refractivity contribution is -0.135. The molecule has 0 saturated heterocycles. The molecule has 0 aliphatic carbocycles. The summed E-state index contributed by atoms with van der Waals surface area (Å²) in [5.41, 5.74) is 2.00. The maximum Gasteiger partial charge on any atom is 0.312 e. The van der Waals surface area contributed by atoms with Crippen molar-refractivity contribution in [2.24, 2.45) is 0 Å². The number of Topliss-reactive ketones (excluding diaryl/α,β-unsaturated/α-hetero) is 1. The van der Waals surface area contributed by atoms with Crippen molar-refractivity contribution < 1.29 is 47.9 Å². The molecule has 0 aromatic heterocycles. The molecular weight excluding hydrogens is 508 g/mol. The molecule has 1 atom stereocenters. The van der Waals surface area contributed by atoms with Gasteiger partial charge in [0.1, 0.15) is 11.5 Å². The first-order chi connectivity index (χ1) is 18.8. The Morgan fingerprint density at radius 3 is 2.10 bits per heavy atom. The van der Waals surface area contributed by atoms with Gasteiger partial charge in [0.05, 0.1) is 47.5 Å². The second kappa shape index (κ2) is 10.1. The zero-order chi connectivity index (χ0) is 27.8. The first-order valence-electron chi connectivity index (χ1n) is 11.9. The highest BCUT2D eigenvalue weighted by atomic mass is 16.5. The summed E-state index contributed by atoms with van der Waals surface area (Å²) in [6.45, 7) is 0. The molecule has 0 unspecified atom stereocenters. The van der Waals surface area contributed by atoms with Crippen LogP contribution < -0.4 is 33.2 Å². The van der Waals surface area contributed by atoms with E-state index < -0.39 is 11.9 Å². The van der Waals surface area contributed by atoms with Crippen molar-refractivity contribution in [1.82, 2.24) is 0 Å². The van der Waals surface area contributed by atoms with Gasteiger partial charge in [-0.05, 0) is 48.0 Å². The number of carbonyl (C=O) groups excluding carboxylic acids is 2. The Balaban J connectivity index is 1.63. The first kappa shape index (κ1) is 25.8. The number of hydrogen-bond acceptors (Lipinski definition) is 10. The van der Waals surface area contributed by atoms with Crippen molar-refractivity contribution >= 4 is 17.8 Å². The van der Waals surface area contributed by atoms with Crippen LogP contribution in [0.2, 0.25) is 0 Å². The Hall–Kier alpha value is -4.86. The number of aromatic hydroxyl groups is 1. The number of rotatable bonds is 7. The summed E-state index contributed by atoms with van der Waals surface area (Å²) in [7, 11) is 7.33. The van der Waals surface area contributed by atoms with Crippen molar-refractivity contribution in [3.8, 4) is 46.0 Å². The van der Waals surface area contributed by atoms with E-state index in [4.69, 9.17) is 33.2 Å². The molecule has 0 bridgehead atoms. The summed E-state index contributed by atoms with van der Waals surface area (Å²) in [5, 5.41) is 10.4. The lowest BCUT2D eigenvalue weighted by atomic mass is 9.84. The number of benzene rings is 3. The summed E-state index contributed by atoms with van der Waals surface area (Å²) in [6, 6.07) is 9.80. The van der Waals surface area contributed by atoms with E-state index in [9.17, 15) is 14.7 Å². The Labute approximate surface area is 224 Å². The Morgan fingerprint density at radius 2 is 1.49 bits per heavy atom. The first-order valence-corrected chi connectivity index (χ1v) is 11.9. The summed E-state index contributed by atoms with van der Waals surface area (Å²) < 4.78 is 38.6. The van der Waals surface area contributed by atoms with E-state index in [0.717, 1.165) is 0 Å². The molecule has 0 radical (unpaired) electrons. The third kappa shape index (κ3) is 4.23. The van der Waals surface area contributed by atoms with Crippen molar-refractivity contribution in [3.05, 3.63) is 64.4 Å². The van der Waals surface area contributed by atoms with Gasteiger partial charge in [0.15, 0.2) is 28.8 Å². The van der Waals surface area contributed by atoms with E-state index in [1.807, 2.05) is 0 Å². The number of ketones is 1. The van der Waals surface area contributed by atoms with Gasteiger partial charge in [0.2, 0.25) is 17.3 Å². The van der Waals surface area contributed by atoms with Gasteiger partial charge in [-0.15, -0.1) is 0 Å². The predicted octanol–water partition coefficient (Wildman–Crippen LogP) is 4.49. The van der Waals surface area contributed by atoms with Gasteiger partial charge < -0.3 is 38.3 Å². The zero-order valence-electron chi connectivity index (χ0n) is 21.9. The summed E-state index contributed by atoms with van der Waals surface area (Å²) in [4.78, 5) is 26.0. The van der Waals surface area contributed by atoms with Crippen LogP contribution in [0.5, 0.6) is 46.0 Å². The van der Waals surface area contributed by atoms with Crippen LogP contribution in [0.15, 0.2) is 42.2 Å². The minimum Gasteiger partial charge on any atom is -0.502 e. The molecule has 5 rings (SSSR count). The fourth-order valence-corrected chi connectivity index (χ4v) is 4.89. The molecule has 1 N–H and O–H groups in total. The minimum atomic E-state index is -0.567. The number of hydrogen-bond donors (Lipinski definition) is 1. The molecule has 2 heterocycles. The number of phenols is 1. The third-order valence-electron chi connectivity index (χ3n) is 6.71. The van der Waals surface area contributed by atoms with Crippen LogP contribution >= 0.6 is 0 Å².